The zero-order valence-corrected chi connectivity index (χ0v) is 13.8. The minimum absolute atomic E-state index is 0.00404. The fourth-order valence-electron chi connectivity index (χ4n) is 2.28. The van der Waals surface area contributed by atoms with E-state index in [1.807, 2.05) is 30.3 Å². The molecular weight excluding hydrogens is 324 g/mol. The predicted octanol–water partition coefficient (Wildman–Crippen LogP) is 3.00. The van der Waals surface area contributed by atoms with Gasteiger partial charge in [-0.25, -0.2) is 4.68 Å². The van der Waals surface area contributed by atoms with Gasteiger partial charge in [-0.1, -0.05) is 30.3 Å². The molecule has 1 aromatic carbocycles. The number of pyridine rings is 1. The highest BCUT2D eigenvalue weighted by Gasteiger charge is 2.09. The maximum absolute atomic E-state index is 10.1. The van der Waals surface area contributed by atoms with Crippen molar-refractivity contribution >= 4 is 18.4 Å². The van der Waals surface area contributed by atoms with E-state index in [0.29, 0.717) is 21.6 Å². The van der Waals surface area contributed by atoms with E-state index in [0.717, 1.165) is 11.3 Å². The van der Waals surface area contributed by atoms with Crippen molar-refractivity contribution in [2.45, 2.75) is 13.5 Å². The van der Waals surface area contributed by atoms with E-state index < -0.39 is 0 Å². The average molecular weight is 340 g/mol. The van der Waals surface area contributed by atoms with Crippen LogP contribution in [0.5, 0.6) is 5.75 Å². The fraction of sp³-hybridized carbons (Fsp3) is 0.118. The molecule has 0 spiro atoms. The Hall–Kier alpha value is -2.77. The van der Waals surface area contributed by atoms with Crippen LogP contribution in [0.4, 0.5) is 0 Å². The number of aromatic amines is 1. The molecule has 0 fully saturated rings. The zero-order chi connectivity index (χ0) is 17.1. The molecule has 0 amide bonds. The third-order valence-corrected chi connectivity index (χ3v) is 3.91. The van der Waals surface area contributed by atoms with Gasteiger partial charge in [-0.05, 0) is 24.7 Å². The van der Waals surface area contributed by atoms with Crippen molar-refractivity contribution in [2.24, 2.45) is 5.10 Å². The quantitative estimate of drug-likeness (QED) is 0.503. The Bertz CT molecular complexity index is 945. The topological polar surface area (TPSA) is 86.4 Å². The molecule has 2 aromatic heterocycles. The lowest BCUT2D eigenvalue weighted by atomic mass is 10.1. The lowest BCUT2D eigenvalue weighted by molar-refractivity contribution is 0.280. The molecule has 2 heterocycles. The number of rotatable bonds is 4. The number of nitrogens with zero attached hydrogens (tertiary/aromatic N) is 3. The monoisotopic (exact) mass is 340 g/mol. The molecule has 0 bridgehead atoms. The van der Waals surface area contributed by atoms with Crippen LogP contribution in [0.15, 0.2) is 47.8 Å². The molecule has 0 unspecified atom stereocenters. The van der Waals surface area contributed by atoms with Gasteiger partial charge < -0.3 is 15.2 Å². The van der Waals surface area contributed by atoms with E-state index in [-0.39, 0.29) is 12.4 Å². The fourth-order valence-corrected chi connectivity index (χ4v) is 2.49. The summed E-state index contributed by atoms with van der Waals surface area (Å²) in [6.45, 7) is 1.44. The van der Waals surface area contributed by atoms with Gasteiger partial charge in [0.15, 0.2) is 4.77 Å². The smallest absolute Gasteiger partial charge is 0.198 e. The van der Waals surface area contributed by atoms with Crippen LogP contribution >= 0.6 is 12.2 Å². The number of aromatic hydroxyl groups is 1. The molecule has 0 atom stereocenters. The number of aliphatic hydroxyl groups excluding tert-OH is 1. The third kappa shape index (κ3) is 3.12. The van der Waals surface area contributed by atoms with Crippen molar-refractivity contribution in [3.63, 3.8) is 0 Å². The molecule has 3 rings (SSSR count). The highest BCUT2D eigenvalue weighted by molar-refractivity contribution is 7.71. The number of imidazole rings is 1. The highest BCUT2D eigenvalue weighted by atomic mass is 32.1. The number of H-pyrrole nitrogens is 1. The Balaban J connectivity index is 1.98. The number of aryl methyl sites for hydroxylation is 1. The molecule has 7 heteroatoms. The number of hydrogen-bond acceptors (Lipinski definition) is 5. The van der Waals surface area contributed by atoms with E-state index >= 15 is 0 Å². The summed E-state index contributed by atoms with van der Waals surface area (Å²) < 4.78 is 1.94. The van der Waals surface area contributed by atoms with Gasteiger partial charge in [-0.3, -0.25) is 4.98 Å². The maximum atomic E-state index is 10.1. The SMILES string of the molecule is Cc1ncc(CO)c(C=Nn2cc(-c3ccccc3)[nH]c2=S)c1O. The summed E-state index contributed by atoms with van der Waals surface area (Å²) in [4.78, 5) is 7.11. The van der Waals surface area contributed by atoms with Gasteiger partial charge in [0.25, 0.3) is 0 Å². The van der Waals surface area contributed by atoms with Crippen LogP contribution in [0.3, 0.4) is 0 Å². The normalized spacial score (nSPS) is 11.2. The first-order chi connectivity index (χ1) is 11.6. The standard InChI is InChI=1S/C17H16N4O2S/c1-11-16(23)14(13(10-22)7-18-11)8-19-21-9-15(20-17(21)24)12-5-3-2-4-6-12/h2-9,22-23H,10H2,1H3,(H,20,24). The van der Waals surface area contributed by atoms with Gasteiger partial charge in [0.05, 0.1) is 30.4 Å². The number of aliphatic hydroxyl groups is 1. The van der Waals surface area contributed by atoms with Gasteiger partial charge >= 0.3 is 0 Å². The second-order valence-electron chi connectivity index (χ2n) is 5.22. The first-order valence-electron chi connectivity index (χ1n) is 7.30. The molecule has 0 aliphatic rings. The molecule has 3 N–H and O–H groups in total. The van der Waals surface area contributed by atoms with Gasteiger partial charge in [-0.2, -0.15) is 5.10 Å². The summed E-state index contributed by atoms with van der Waals surface area (Å²) in [5, 5.41) is 23.8. The van der Waals surface area contributed by atoms with Crippen LogP contribution in [-0.4, -0.2) is 31.1 Å². The lowest BCUT2D eigenvalue weighted by Crippen LogP contribution is -1.99. The van der Waals surface area contributed by atoms with Crippen LogP contribution in [-0.2, 0) is 6.61 Å². The van der Waals surface area contributed by atoms with Crippen LogP contribution in [0.25, 0.3) is 11.3 Å². The highest BCUT2D eigenvalue weighted by Crippen LogP contribution is 2.22. The summed E-state index contributed by atoms with van der Waals surface area (Å²) in [5.74, 6) is -0.00404. The Labute approximate surface area is 143 Å². The van der Waals surface area contributed by atoms with Crippen molar-refractivity contribution in [3.05, 3.63) is 64.3 Å². The second-order valence-corrected chi connectivity index (χ2v) is 5.60. The Kier molecular flexibility index (Phi) is 4.54. The van der Waals surface area contributed by atoms with Gasteiger partial charge in [0, 0.05) is 17.3 Å². The van der Waals surface area contributed by atoms with Crippen molar-refractivity contribution in [2.75, 3.05) is 0 Å². The predicted molar refractivity (Wildman–Crippen MR) is 94.6 cm³/mol. The Morgan fingerprint density at radius 2 is 2.08 bits per heavy atom. The molecular formula is C17H16N4O2S. The van der Waals surface area contributed by atoms with Crippen molar-refractivity contribution in [3.8, 4) is 17.0 Å². The zero-order valence-electron chi connectivity index (χ0n) is 13.0. The second kappa shape index (κ2) is 6.77. The number of hydrogen-bond donors (Lipinski definition) is 3. The molecule has 0 saturated carbocycles. The van der Waals surface area contributed by atoms with E-state index in [1.54, 1.807) is 13.1 Å². The van der Waals surface area contributed by atoms with Crippen LogP contribution in [0, 0.1) is 11.7 Å². The van der Waals surface area contributed by atoms with Crippen LogP contribution in [0.1, 0.15) is 16.8 Å². The average Bonchev–Trinajstić information content (AvgIpc) is 2.98. The summed E-state index contributed by atoms with van der Waals surface area (Å²) in [6.07, 6.45) is 4.76. The van der Waals surface area contributed by atoms with Gasteiger partial charge in [-0.15, -0.1) is 0 Å². The largest absolute Gasteiger partial charge is 0.505 e. The summed E-state index contributed by atoms with van der Waals surface area (Å²) in [5.41, 5.74) is 3.23. The van der Waals surface area contributed by atoms with E-state index in [2.05, 4.69) is 15.1 Å². The molecule has 24 heavy (non-hydrogen) atoms. The third-order valence-electron chi connectivity index (χ3n) is 3.63. The molecule has 3 aromatic rings. The number of benzene rings is 1. The van der Waals surface area contributed by atoms with Crippen molar-refractivity contribution in [1.82, 2.24) is 14.6 Å². The summed E-state index contributed by atoms with van der Waals surface area (Å²) in [7, 11) is 0. The van der Waals surface area contributed by atoms with Crippen molar-refractivity contribution in [1.29, 1.82) is 0 Å². The van der Waals surface area contributed by atoms with Gasteiger partial charge in [0.2, 0.25) is 0 Å². The lowest BCUT2D eigenvalue weighted by Gasteiger charge is -2.06. The molecule has 0 radical (unpaired) electrons. The maximum Gasteiger partial charge on any atom is 0.198 e. The minimum Gasteiger partial charge on any atom is -0.505 e. The first-order valence-corrected chi connectivity index (χ1v) is 7.70. The molecule has 0 aliphatic carbocycles. The van der Waals surface area contributed by atoms with Crippen LogP contribution < -0.4 is 0 Å². The number of aromatic nitrogens is 3. The summed E-state index contributed by atoms with van der Waals surface area (Å²) >= 11 is 5.28. The first kappa shape index (κ1) is 16.1. The molecule has 122 valence electrons. The van der Waals surface area contributed by atoms with E-state index in [4.69, 9.17) is 12.2 Å². The van der Waals surface area contributed by atoms with E-state index in [1.165, 1.54) is 17.1 Å². The Morgan fingerprint density at radius 1 is 1.33 bits per heavy atom. The van der Waals surface area contributed by atoms with Gasteiger partial charge in [0.1, 0.15) is 5.75 Å². The molecule has 0 saturated heterocycles. The van der Waals surface area contributed by atoms with E-state index in [9.17, 15) is 10.2 Å². The molecule has 6 nitrogen and oxygen atoms in total. The summed E-state index contributed by atoms with van der Waals surface area (Å²) in [6, 6.07) is 9.77. The number of nitrogens with one attached hydrogen (secondary N) is 1. The Morgan fingerprint density at radius 3 is 2.79 bits per heavy atom. The molecule has 0 aliphatic heterocycles. The van der Waals surface area contributed by atoms with Crippen LogP contribution in [0.2, 0.25) is 0 Å². The van der Waals surface area contributed by atoms with Crippen molar-refractivity contribution < 1.29 is 10.2 Å². The minimum atomic E-state index is -0.240.